The van der Waals surface area contributed by atoms with Gasteiger partial charge in [-0.05, 0) is 18.2 Å². The second-order valence-corrected chi connectivity index (χ2v) is 3.58. The molecule has 0 aliphatic heterocycles. The number of hydrogen-bond donors (Lipinski definition) is 1. The van der Waals surface area contributed by atoms with Gasteiger partial charge in [-0.3, -0.25) is 0 Å². The van der Waals surface area contributed by atoms with Gasteiger partial charge in [0.15, 0.2) is 5.15 Å². The normalized spacial score (nSPS) is 10.4. The van der Waals surface area contributed by atoms with Crippen LogP contribution < -0.4 is 5.73 Å². The molecule has 0 aliphatic carbocycles. The van der Waals surface area contributed by atoms with Crippen molar-refractivity contribution in [2.45, 2.75) is 0 Å². The number of nitrogens with two attached hydrogens (primary N) is 1. The van der Waals surface area contributed by atoms with Gasteiger partial charge in [0.1, 0.15) is 0 Å². The molecular formula is C9H7Cl2N3. The Morgan fingerprint density at radius 1 is 1.29 bits per heavy atom. The summed E-state index contributed by atoms with van der Waals surface area (Å²) in [6.07, 6.45) is 1.50. The van der Waals surface area contributed by atoms with Crippen molar-refractivity contribution >= 4 is 28.9 Å². The second-order valence-electron chi connectivity index (χ2n) is 2.78. The summed E-state index contributed by atoms with van der Waals surface area (Å²) in [7, 11) is 0. The van der Waals surface area contributed by atoms with Gasteiger partial charge >= 0.3 is 0 Å². The van der Waals surface area contributed by atoms with Crippen LogP contribution in [-0.4, -0.2) is 9.78 Å². The summed E-state index contributed by atoms with van der Waals surface area (Å²) in [5.74, 6) is 0. The first kappa shape index (κ1) is 9.37. The average Bonchev–Trinajstić information content (AvgIpc) is 2.48. The predicted molar refractivity (Wildman–Crippen MR) is 58.0 cm³/mol. The summed E-state index contributed by atoms with van der Waals surface area (Å²) in [6, 6.07) is 7.22. The Morgan fingerprint density at radius 3 is 2.64 bits per heavy atom. The fourth-order valence-corrected chi connectivity index (χ4v) is 1.51. The highest BCUT2D eigenvalue weighted by atomic mass is 35.5. The summed E-state index contributed by atoms with van der Waals surface area (Å²) < 4.78 is 1.53. The molecule has 0 spiro atoms. The monoisotopic (exact) mass is 227 g/mol. The number of benzene rings is 1. The fourth-order valence-electron chi connectivity index (χ4n) is 1.13. The van der Waals surface area contributed by atoms with Gasteiger partial charge in [-0.15, -0.1) is 0 Å². The van der Waals surface area contributed by atoms with Gasteiger partial charge in [-0.1, -0.05) is 29.3 Å². The van der Waals surface area contributed by atoms with Crippen LogP contribution in [0.5, 0.6) is 0 Å². The lowest BCUT2D eigenvalue weighted by molar-refractivity contribution is 0.881. The van der Waals surface area contributed by atoms with Crippen molar-refractivity contribution in [3.8, 4) is 5.69 Å². The first-order chi connectivity index (χ1) is 6.68. The maximum absolute atomic E-state index is 5.93. The minimum absolute atomic E-state index is 0.396. The third-order valence-corrected chi connectivity index (χ3v) is 2.40. The highest BCUT2D eigenvalue weighted by Crippen LogP contribution is 2.23. The Labute approximate surface area is 91.0 Å². The molecule has 1 aromatic heterocycles. The van der Waals surface area contributed by atoms with Crippen molar-refractivity contribution in [1.82, 2.24) is 9.78 Å². The summed E-state index contributed by atoms with van der Waals surface area (Å²) in [5, 5.41) is 5.06. The van der Waals surface area contributed by atoms with Crippen LogP contribution in [0.1, 0.15) is 0 Å². The highest BCUT2D eigenvalue weighted by molar-refractivity contribution is 6.32. The van der Waals surface area contributed by atoms with Crippen LogP contribution in [0.2, 0.25) is 10.2 Å². The van der Waals surface area contributed by atoms with Gasteiger partial charge in [-0.2, -0.15) is 5.10 Å². The minimum Gasteiger partial charge on any atom is -0.395 e. The molecule has 0 radical (unpaired) electrons. The molecule has 5 heteroatoms. The first-order valence-corrected chi connectivity index (χ1v) is 4.69. The molecule has 1 heterocycles. The van der Waals surface area contributed by atoms with Crippen molar-refractivity contribution in [1.29, 1.82) is 0 Å². The smallest absolute Gasteiger partial charge is 0.155 e. The molecule has 2 rings (SSSR count). The Kier molecular flexibility index (Phi) is 2.35. The van der Waals surface area contributed by atoms with E-state index < -0.39 is 0 Å². The molecule has 3 nitrogen and oxygen atoms in total. The molecule has 2 aromatic rings. The van der Waals surface area contributed by atoms with E-state index in [2.05, 4.69) is 5.10 Å². The van der Waals surface area contributed by atoms with Crippen molar-refractivity contribution in [2.75, 3.05) is 5.73 Å². The Morgan fingerprint density at radius 2 is 2.07 bits per heavy atom. The molecule has 0 amide bonds. The molecule has 2 N–H and O–H groups in total. The summed E-state index contributed by atoms with van der Waals surface area (Å²) in [4.78, 5) is 0. The highest BCUT2D eigenvalue weighted by Gasteiger charge is 2.06. The van der Waals surface area contributed by atoms with Crippen LogP contribution in [0.3, 0.4) is 0 Å². The van der Waals surface area contributed by atoms with Crippen molar-refractivity contribution in [2.24, 2.45) is 0 Å². The van der Waals surface area contributed by atoms with Gasteiger partial charge in [0.05, 0.1) is 17.6 Å². The molecule has 0 atom stereocenters. The van der Waals surface area contributed by atoms with Crippen LogP contribution >= 0.6 is 23.2 Å². The van der Waals surface area contributed by atoms with E-state index >= 15 is 0 Å². The van der Waals surface area contributed by atoms with Gasteiger partial charge in [0.2, 0.25) is 0 Å². The molecule has 0 saturated heterocycles. The van der Waals surface area contributed by atoms with E-state index in [4.69, 9.17) is 28.9 Å². The fraction of sp³-hybridized carbons (Fsp3) is 0. The van der Waals surface area contributed by atoms with Crippen molar-refractivity contribution in [3.05, 3.63) is 40.6 Å². The maximum atomic E-state index is 5.93. The number of aromatic nitrogens is 2. The predicted octanol–water partition coefficient (Wildman–Crippen LogP) is 2.76. The lowest BCUT2D eigenvalue weighted by Crippen LogP contribution is -1.96. The number of nitrogens with zero attached hydrogens (tertiary/aromatic N) is 2. The lowest BCUT2D eigenvalue weighted by atomic mass is 10.3. The number of rotatable bonds is 1. The molecule has 14 heavy (non-hydrogen) atoms. The Balaban J connectivity index is 2.55. The SMILES string of the molecule is Nc1cnn(-c2cccc(Cl)c2)c1Cl. The number of nitrogen functional groups attached to an aromatic ring is 1. The molecule has 0 bridgehead atoms. The van der Waals surface area contributed by atoms with Crippen LogP contribution in [0.4, 0.5) is 5.69 Å². The van der Waals surface area contributed by atoms with Crippen LogP contribution in [-0.2, 0) is 0 Å². The average molecular weight is 228 g/mol. The molecule has 1 aromatic carbocycles. The zero-order valence-corrected chi connectivity index (χ0v) is 8.63. The minimum atomic E-state index is 0.396. The van der Waals surface area contributed by atoms with E-state index in [1.165, 1.54) is 10.9 Å². The van der Waals surface area contributed by atoms with E-state index in [1.807, 2.05) is 12.1 Å². The molecule has 72 valence electrons. The summed E-state index contributed by atoms with van der Waals surface area (Å²) in [6.45, 7) is 0. The van der Waals surface area contributed by atoms with E-state index in [1.54, 1.807) is 12.1 Å². The third kappa shape index (κ3) is 1.56. The Bertz CT molecular complexity index is 465. The van der Waals surface area contributed by atoms with Crippen molar-refractivity contribution in [3.63, 3.8) is 0 Å². The summed E-state index contributed by atoms with van der Waals surface area (Å²) in [5.41, 5.74) is 6.81. The zero-order valence-electron chi connectivity index (χ0n) is 7.11. The standard InChI is InChI=1S/C9H7Cl2N3/c10-6-2-1-3-7(4-6)14-9(11)8(12)5-13-14/h1-5H,12H2. The molecule has 0 fully saturated rings. The third-order valence-electron chi connectivity index (χ3n) is 1.79. The topological polar surface area (TPSA) is 43.8 Å². The van der Waals surface area contributed by atoms with Gasteiger partial charge in [-0.25, -0.2) is 4.68 Å². The van der Waals surface area contributed by atoms with Crippen LogP contribution in [0.25, 0.3) is 5.69 Å². The van der Waals surface area contributed by atoms with E-state index in [9.17, 15) is 0 Å². The molecule has 0 unspecified atom stereocenters. The van der Waals surface area contributed by atoms with Crippen molar-refractivity contribution < 1.29 is 0 Å². The molecular weight excluding hydrogens is 221 g/mol. The lowest BCUT2D eigenvalue weighted by Gasteiger charge is -2.02. The van der Waals surface area contributed by atoms with Crippen LogP contribution in [0, 0.1) is 0 Å². The van der Waals surface area contributed by atoms with Crippen LogP contribution in [0.15, 0.2) is 30.5 Å². The zero-order chi connectivity index (χ0) is 10.1. The van der Waals surface area contributed by atoms with Gasteiger partial charge in [0.25, 0.3) is 0 Å². The van der Waals surface area contributed by atoms with Gasteiger partial charge in [0, 0.05) is 5.02 Å². The van der Waals surface area contributed by atoms with E-state index in [-0.39, 0.29) is 0 Å². The maximum Gasteiger partial charge on any atom is 0.155 e. The van der Waals surface area contributed by atoms with Gasteiger partial charge < -0.3 is 5.73 Å². The summed E-state index contributed by atoms with van der Waals surface area (Å²) >= 11 is 11.8. The number of hydrogen-bond acceptors (Lipinski definition) is 2. The first-order valence-electron chi connectivity index (χ1n) is 3.93. The Hall–Kier alpha value is -1.19. The molecule has 0 saturated carbocycles. The van der Waals surface area contributed by atoms with E-state index in [0.717, 1.165) is 5.69 Å². The second kappa shape index (κ2) is 3.52. The molecule has 0 aliphatic rings. The number of halogens is 2. The van der Waals surface area contributed by atoms with E-state index in [0.29, 0.717) is 15.9 Å². The number of anilines is 1. The largest absolute Gasteiger partial charge is 0.395 e. The quantitative estimate of drug-likeness (QED) is 0.815.